The van der Waals surface area contributed by atoms with Crippen LogP contribution in [0, 0.1) is 5.92 Å². The van der Waals surface area contributed by atoms with E-state index in [4.69, 9.17) is 14.2 Å². The van der Waals surface area contributed by atoms with Crippen LogP contribution in [0.4, 0.5) is 0 Å². The quantitative estimate of drug-likeness (QED) is 0.196. The van der Waals surface area contributed by atoms with Gasteiger partial charge in [0, 0.05) is 42.8 Å². The van der Waals surface area contributed by atoms with Crippen molar-refractivity contribution in [2.24, 2.45) is 13.0 Å². The molecule has 15 heteroatoms. The first-order valence-electron chi connectivity index (χ1n) is 19.0. The third-order valence-electron chi connectivity index (χ3n) is 9.87. The van der Waals surface area contributed by atoms with Crippen molar-refractivity contribution in [2.75, 3.05) is 33.9 Å². The number of hydrogen-bond donors (Lipinski definition) is 5. The van der Waals surface area contributed by atoms with E-state index in [0.29, 0.717) is 41.2 Å². The van der Waals surface area contributed by atoms with E-state index in [1.807, 2.05) is 42.1 Å². The number of carbonyl (C=O) groups is 5. The number of aryl methyl sites for hydroxylation is 1. The first-order valence-corrected chi connectivity index (χ1v) is 19.0. The normalized spacial score (nSPS) is 18.4. The molecule has 4 aromatic rings. The molecule has 0 aliphatic carbocycles. The maximum Gasteiger partial charge on any atom is 0.251 e. The SMILES string of the molecule is COc1ccc2cc1Oc1cccc(OC)c1CNC(=O)[C@@H](C(C)C)NC(=O)[C@H]([C@@H](C)O)NC(=O)CN(C(=O)Cc1cn(C)c3ccccc13)CCCCNC2=O. The van der Waals surface area contributed by atoms with Gasteiger partial charge in [0.25, 0.3) is 5.91 Å². The second kappa shape index (κ2) is 19.2. The lowest BCUT2D eigenvalue weighted by Gasteiger charge is -2.28. The summed E-state index contributed by atoms with van der Waals surface area (Å²) in [7, 11) is 4.86. The van der Waals surface area contributed by atoms with Crippen LogP contribution in [0.15, 0.2) is 66.9 Å². The third-order valence-corrected chi connectivity index (χ3v) is 9.87. The Hall–Kier alpha value is -6.09. The zero-order valence-electron chi connectivity index (χ0n) is 33.2. The van der Waals surface area contributed by atoms with Gasteiger partial charge in [-0.25, -0.2) is 0 Å². The number of methoxy groups -OCH3 is 2. The van der Waals surface area contributed by atoms with Gasteiger partial charge in [0.05, 0.1) is 45.4 Å². The summed E-state index contributed by atoms with van der Waals surface area (Å²) in [5.41, 5.74) is 2.55. The molecule has 1 aliphatic rings. The number of aliphatic hydroxyl groups is 1. The smallest absolute Gasteiger partial charge is 0.251 e. The number of ether oxygens (including phenoxy) is 3. The van der Waals surface area contributed by atoms with Crippen LogP contribution in [0.5, 0.6) is 23.0 Å². The van der Waals surface area contributed by atoms with Crippen LogP contribution in [0.2, 0.25) is 0 Å². The highest BCUT2D eigenvalue weighted by Crippen LogP contribution is 2.37. The summed E-state index contributed by atoms with van der Waals surface area (Å²) < 4.78 is 19.4. The number of para-hydroxylation sites is 1. The summed E-state index contributed by atoms with van der Waals surface area (Å²) in [6, 6.07) is 15.1. The van der Waals surface area contributed by atoms with Crippen LogP contribution in [-0.2, 0) is 39.2 Å². The molecule has 0 saturated heterocycles. The van der Waals surface area contributed by atoms with Gasteiger partial charge < -0.3 is 50.1 Å². The number of nitrogens with one attached hydrogen (secondary N) is 4. The first kappa shape index (κ1) is 42.1. The number of aliphatic hydroxyl groups excluding tert-OH is 1. The van der Waals surface area contributed by atoms with E-state index in [9.17, 15) is 29.1 Å². The van der Waals surface area contributed by atoms with Crippen molar-refractivity contribution >= 4 is 40.4 Å². The molecule has 0 radical (unpaired) electrons. The summed E-state index contributed by atoms with van der Waals surface area (Å²) >= 11 is 0. The Morgan fingerprint density at radius 1 is 0.877 bits per heavy atom. The number of carbonyl (C=O) groups excluding carboxylic acids is 5. The van der Waals surface area contributed by atoms with Gasteiger partial charge in [0.15, 0.2) is 11.5 Å². The van der Waals surface area contributed by atoms with Gasteiger partial charge in [-0.2, -0.15) is 0 Å². The molecule has 0 unspecified atom stereocenters. The van der Waals surface area contributed by atoms with Crippen LogP contribution in [0.1, 0.15) is 55.1 Å². The van der Waals surface area contributed by atoms with Crippen molar-refractivity contribution in [1.82, 2.24) is 30.7 Å². The summed E-state index contributed by atoms with van der Waals surface area (Å²) in [6.45, 7) is 4.85. The van der Waals surface area contributed by atoms with E-state index in [1.54, 1.807) is 50.2 Å². The van der Waals surface area contributed by atoms with Crippen LogP contribution in [-0.4, -0.2) is 96.2 Å². The molecule has 304 valence electrons. The molecule has 5 rings (SSSR count). The van der Waals surface area contributed by atoms with Crippen molar-refractivity contribution in [1.29, 1.82) is 0 Å². The van der Waals surface area contributed by atoms with E-state index in [0.717, 1.165) is 16.5 Å². The number of aromatic nitrogens is 1. The minimum Gasteiger partial charge on any atom is -0.496 e. The fraction of sp³-hybridized carbons (Fsp3) is 0.405. The highest BCUT2D eigenvalue weighted by Gasteiger charge is 2.32. The van der Waals surface area contributed by atoms with E-state index in [-0.39, 0.29) is 43.6 Å². The molecule has 1 aliphatic heterocycles. The molecule has 3 aromatic carbocycles. The predicted molar refractivity (Wildman–Crippen MR) is 213 cm³/mol. The van der Waals surface area contributed by atoms with Gasteiger partial charge in [-0.15, -0.1) is 0 Å². The lowest BCUT2D eigenvalue weighted by atomic mass is 10.0. The topological polar surface area (TPSA) is 190 Å². The zero-order valence-corrected chi connectivity index (χ0v) is 33.2. The van der Waals surface area contributed by atoms with Crippen molar-refractivity contribution in [3.63, 3.8) is 0 Å². The Bertz CT molecular complexity index is 2100. The maximum atomic E-state index is 13.9. The van der Waals surface area contributed by atoms with Crippen LogP contribution in [0.25, 0.3) is 10.9 Å². The molecule has 0 saturated carbocycles. The van der Waals surface area contributed by atoms with E-state index in [1.165, 1.54) is 26.0 Å². The Morgan fingerprint density at radius 3 is 2.35 bits per heavy atom. The molecule has 0 spiro atoms. The lowest BCUT2D eigenvalue weighted by Crippen LogP contribution is -2.59. The predicted octanol–water partition coefficient (Wildman–Crippen LogP) is 3.21. The molecule has 57 heavy (non-hydrogen) atoms. The minimum atomic E-state index is -1.43. The fourth-order valence-corrected chi connectivity index (χ4v) is 6.75. The fourth-order valence-electron chi connectivity index (χ4n) is 6.75. The highest BCUT2D eigenvalue weighted by molar-refractivity contribution is 5.96. The summed E-state index contributed by atoms with van der Waals surface area (Å²) in [5, 5.41) is 22.6. The minimum absolute atomic E-state index is 0.0223. The Morgan fingerprint density at radius 2 is 1.63 bits per heavy atom. The zero-order chi connectivity index (χ0) is 41.2. The average Bonchev–Trinajstić information content (AvgIpc) is 3.50. The second-order valence-electron chi connectivity index (χ2n) is 14.4. The van der Waals surface area contributed by atoms with Crippen molar-refractivity contribution in [3.8, 4) is 23.0 Å². The molecular weight excluding hydrogens is 732 g/mol. The molecule has 15 nitrogen and oxygen atoms in total. The average molecular weight is 785 g/mol. The molecule has 1 aromatic heterocycles. The molecular formula is C42H52N6O9. The number of benzene rings is 3. The number of nitrogens with zero attached hydrogens (tertiary/aromatic N) is 2. The summed E-state index contributed by atoms with van der Waals surface area (Å²) in [5.74, 6) is -1.70. The third kappa shape index (κ3) is 10.4. The van der Waals surface area contributed by atoms with Crippen LogP contribution < -0.4 is 35.5 Å². The first-order chi connectivity index (χ1) is 27.3. The maximum absolute atomic E-state index is 13.9. The second-order valence-corrected chi connectivity index (χ2v) is 14.4. The highest BCUT2D eigenvalue weighted by atomic mass is 16.5. The van der Waals surface area contributed by atoms with E-state index >= 15 is 0 Å². The standard InChI is InChI=1S/C42H52N6O9/c1-25(2)38-41(53)44-22-30-32(55-5)14-11-15-33(30)57-35-20-27(16-17-34(35)56-6)40(52)43-18-9-10-19-48(24-36(50)45-39(26(3)49)42(54)46-38)37(51)21-28-23-47(4)31-13-8-7-12-29(28)31/h7-8,11-17,20,23,25-26,38-39,49H,9-10,18-19,21-22,24H2,1-6H3,(H,43,52)(H,44,53)(H,45,50)(H,46,54)/t26-,38-,39+/m1/s1. The Labute approximate surface area is 332 Å². The van der Waals surface area contributed by atoms with Crippen LogP contribution in [0.3, 0.4) is 0 Å². The molecule has 3 atom stereocenters. The number of hydrogen-bond acceptors (Lipinski definition) is 9. The molecule has 2 bridgehead atoms. The molecule has 0 fully saturated rings. The van der Waals surface area contributed by atoms with Crippen LogP contribution >= 0.6 is 0 Å². The van der Waals surface area contributed by atoms with Gasteiger partial charge in [-0.05, 0) is 67.6 Å². The van der Waals surface area contributed by atoms with Gasteiger partial charge >= 0.3 is 0 Å². The van der Waals surface area contributed by atoms with Gasteiger partial charge in [0.1, 0.15) is 23.6 Å². The monoisotopic (exact) mass is 784 g/mol. The number of amides is 5. The molecule has 5 N–H and O–H groups in total. The Kier molecular flexibility index (Phi) is 14.1. The largest absolute Gasteiger partial charge is 0.496 e. The molecule has 5 amide bonds. The summed E-state index contributed by atoms with van der Waals surface area (Å²) in [6.07, 6.45) is 1.49. The number of rotatable bonds is 6. The lowest BCUT2D eigenvalue weighted by molar-refractivity contribution is -0.138. The summed E-state index contributed by atoms with van der Waals surface area (Å²) in [4.78, 5) is 69.5. The van der Waals surface area contributed by atoms with Gasteiger partial charge in [0.2, 0.25) is 23.6 Å². The van der Waals surface area contributed by atoms with Crippen molar-refractivity contribution in [3.05, 3.63) is 83.6 Å². The molecule has 2 heterocycles. The van der Waals surface area contributed by atoms with E-state index < -0.39 is 48.4 Å². The number of fused-ring (bicyclic) bond motifs is 4. The van der Waals surface area contributed by atoms with Gasteiger partial charge in [-0.1, -0.05) is 38.1 Å². The van der Waals surface area contributed by atoms with Gasteiger partial charge in [-0.3, -0.25) is 24.0 Å². The van der Waals surface area contributed by atoms with E-state index in [2.05, 4.69) is 21.3 Å². The van der Waals surface area contributed by atoms with Crippen molar-refractivity contribution < 1.29 is 43.3 Å². The Balaban J connectivity index is 1.45. The van der Waals surface area contributed by atoms with Crippen molar-refractivity contribution in [2.45, 2.75) is 64.8 Å².